The zero-order valence-corrected chi connectivity index (χ0v) is 11.2. The van der Waals surface area contributed by atoms with Gasteiger partial charge in [0.1, 0.15) is 11.1 Å². The first-order valence-corrected chi connectivity index (χ1v) is 5.92. The van der Waals surface area contributed by atoms with Gasteiger partial charge in [0.15, 0.2) is 0 Å². The molecule has 1 aromatic heterocycles. The summed E-state index contributed by atoms with van der Waals surface area (Å²) >= 11 is 0. The lowest BCUT2D eigenvalue weighted by atomic mass is 10.1. The summed E-state index contributed by atoms with van der Waals surface area (Å²) in [5.74, 6) is 1.67. The Morgan fingerprint density at radius 2 is 2.25 bits per heavy atom. The van der Waals surface area contributed by atoms with Crippen LogP contribution in [0.3, 0.4) is 0 Å². The summed E-state index contributed by atoms with van der Waals surface area (Å²) in [6.45, 7) is 0.0454. The molecule has 0 spiro atoms. The molecule has 1 amide bonds. The minimum Gasteiger partial charge on any atom is -0.422 e. The van der Waals surface area contributed by atoms with Crippen LogP contribution in [0.25, 0.3) is 11.0 Å². The van der Waals surface area contributed by atoms with E-state index in [1.165, 1.54) is 0 Å². The van der Waals surface area contributed by atoms with Crippen molar-refractivity contribution in [2.24, 2.45) is 0 Å². The predicted octanol–water partition coefficient (Wildman–Crippen LogP) is 1.02. The zero-order chi connectivity index (χ0) is 14.7. The number of carbonyl (C=O) groups excluding carboxylic acids is 1. The first kappa shape index (κ1) is 13.7. The van der Waals surface area contributed by atoms with Gasteiger partial charge in [-0.05, 0) is 12.1 Å². The van der Waals surface area contributed by atoms with Gasteiger partial charge in [-0.1, -0.05) is 5.92 Å². The van der Waals surface area contributed by atoms with Gasteiger partial charge in [0, 0.05) is 37.3 Å². The first-order valence-electron chi connectivity index (χ1n) is 5.92. The molecule has 2 rings (SSSR count). The van der Waals surface area contributed by atoms with E-state index in [4.69, 9.17) is 10.8 Å². The van der Waals surface area contributed by atoms with Crippen molar-refractivity contribution in [2.45, 2.75) is 0 Å². The number of terminal acetylenes is 1. The minimum atomic E-state index is -0.733. The number of nitrogens with zero attached hydrogens (tertiary/aromatic N) is 1. The van der Waals surface area contributed by atoms with Crippen LogP contribution >= 0.6 is 0 Å². The molecule has 0 bridgehead atoms. The largest absolute Gasteiger partial charge is 0.422 e. The zero-order valence-electron chi connectivity index (χ0n) is 11.2. The van der Waals surface area contributed by atoms with Crippen molar-refractivity contribution in [3.8, 4) is 12.3 Å². The van der Waals surface area contributed by atoms with E-state index in [0.29, 0.717) is 11.0 Å². The second-order valence-electron chi connectivity index (χ2n) is 4.35. The summed E-state index contributed by atoms with van der Waals surface area (Å²) in [7, 11) is 3.76. The Morgan fingerprint density at radius 1 is 1.50 bits per heavy atom. The topological polar surface area (TPSA) is 62.6 Å². The molecule has 0 atom stereocenters. The molecular formula is C15H13N2O3. The van der Waals surface area contributed by atoms with Crippen molar-refractivity contribution in [1.29, 1.82) is 0 Å². The molecule has 0 aliphatic carbocycles. The van der Waals surface area contributed by atoms with E-state index >= 15 is 0 Å². The molecule has 1 N–H and O–H groups in total. The molecule has 5 nitrogen and oxygen atoms in total. The van der Waals surface area contributed by atoms with Crippen LogP contribution in [0.15, 0.2) is 27.4 Å². The molecule has 1 radical (unpaired) electrons. The minimum absolute atomic E-state index is 0.0454. The Kier molecular flexibility index (Phi) is 3.76. The monoisotopic (exact) mass is 269 g/mol. The van der Waals surface area contributed by atoms with Gasteiger partial charge in [-0.15, -0.1) is 6.42 Å². The van der Waals surface area contributed by atoms with Gasteiger partial charge in [0.2, 0.25) is 0 Å². The highest BCUT2D eigenvalue weighted by Gasteiger charge is 2.14. The van der Waals surface area contributed by atoms with Crippen LogP contribution < -0.4 is 15.8 Å². The van der Waals surface area contributed by atoms with Crippen LogP contribution in [0, 0.1) is 18.4 Å². The number of benzene rings is 1. The second kappa shape index (κ2) is 5.49. The van der Waals surface area contributed by atoms with E-state index in [0.717, 1.165) is 5.69 Å². The summed E-state index contributed by atoms with van der Waals surface area (Å²) < 4.78 is 5.16. The molecule has 1 aromatic carbocycles. The molecule has 101 valence electrons. The van der Waals surface area contributed by atoms with Crippen LogP contribution in [-0.4, -0.2) is 26.5 Å². The van der Waals surface area contributed by atoms with E-state index in [1.807, 2.05) is 25.1 Å². The SMILES string of the molecule is C#CCNC(=O)c1[c]c2ccc(N(C)C)cc2oc1=O. The van der Waals surface area contributed by atoms with Gasteiger partial charge in [0.05, 0.1) is 6.54 Å². The van der Waals surface area contributed by atoms with Gasteiger partial charge in [-0.3, -0.25) is 4.79 Å². The maximum atomic E-state index is 11.8. The molecule has 1 heterocycles. The molecule has 5 heteroatoms. The normalized spacial score (nSPS) is 10.1. The van der Waals surface area contributed by atoms with Crippen LogP contribution in [0.1, 0.15) is 10.4 Å². The lowest BCUT2D eigenvalue weighted by molar-refractivity contribution is 0.0955. The maximum Gasteiger partial charge on any atom is 0.349 e. The van der Waals surface area contributed by atoms with Crippen molar-refractivity contribution in [2.75, 3.05) is 25.5 Å². The Hall–Kier alpha value is -2.74. The number of hydrogen-bond donors (Lipinski definition) is 1. The van der Waals surface area contributed by atoms with Gasteiger partial charge >= 0.3 is 5.63 Å². The van der Waals surface area contributed by atoms with Crippen LogP contribution in [0.4, 0.5) is 5.69 Å². The highest BCUT2D eigenvalue weighted by Crippen LogP contribution is 2.19. The van der Waals surface area contributed by atoms with Gasteiger partial charge in [-0.2, -0.15) is 0 Å². The number of hydrogen-bond acceptors (Lipinski definition) is 4. The fraction of sp³-hybridized carbons (Fsp3) is 0.200. The summed E-state index contributed by atoms with van der Waals surface area (Å²) in [5, 5.41) is 2.97. The van der Waals surface area contributed by atoms with Crippen molar-refractivity contribution in [1.82, 2.24) is 5.32 Å². The third-order valence-corrected chi connectivity index (χ3v) is 2.73. The van der Waals surface area contributed by atoms with Crippen LogP contribution in [0.2, 0.25) is 0 Å². The average molecular weight is 269 g/mol. The Morgan fingerprint density at radius 3 is 2.90 bits per heavy atom. The van der Waals surface area contributed by atoms with Crippen LogP contribution in [0.5, 0.6) is 0 Å². The summed E-state index contributed by atoms with van der Waals surface area (Å²) in [6.07, 6.45) is 5.05. The first-order chi connectivity index (χ1) is 9.52. The average Bonchev–Trinajstić information content (AvgIpc) is 2.43. The highest BCUT2D eigenvalue weighted by atomic mass is 16.4. The second-order valence-corrected chi connectivity index (χ2v) is 4.35. The molecule has 0 aliphatic heterocycles. The van der Waals surface area contributed by atoms with E-state index < -0.39 is 11.5 Å². The summed E-state index contributed by atoms with van der Waals surface area (Å²) in [5.41, 5.74) is 0.363. The third-order valence-electron chi connectivity index (χ3n) is 2.73. The number of anilines is 1. The number of carbonyl (C=O) groups is 1. The van der Waals surface area contributed by atoms with Crippen molar-refractivity contribution >= 4 is 22.6 Å². The summed E-state index contributed by atoms with van der Waals surface area (Å²) in [6, 6.07) is 8.07. The van der Waals surface area contributed by atoms with Gasteiger partial charge in [-0.25, -0.2) is 4.79 Å². The lowest BCUT2D eigenvalue weighted by Crippen LogP contribution is -2.28. The van der Waals surface area contributed by atoms with Crippen LogP contribution in [-0.2, 0) is 0 Å². The molecular weight excluding hydrogens is 256 g/mol. The van der Waals surface area contributed by atoms with Gasteiger partial charge in [0.25, 0.3) is 5.91 Å². The predicted molar refractivity (Wildman–Crippen MR) is 76.8 cm³/mol. The number of nitrogens with one attached hydrogen (secondary N) is 1. The molecule has 0 saturated carbocycles. The summed E-state index contributed by atoms with van der Waals surface area (Å²) in [4.78, 5) is 25.4. The Bertz CT molecular complexity index is 754. The molecule has 2 aromatic rings. The number of rotatable bonds is 3. The van der Waals surface area contributed by atoms with Crippen molar-refractivity contribution in [3.05, 3.63) is 40.2 Å². The lowest BCUT2D eigenvalue weighted by Gasteiger charge is -2.12. The maximum absolute atomic E-state index is 11.8. The fourth-order valence-electron chi connectivity index (χ4n) is 1.68. The Balaban J connectivity index is 2.48. The smallest absolute Gasteiger partial charge is 0.349 e. The molecule has 0 fully saturated rings. The molecule has 0 aliphatic rings. The number of amides is 1. The third kappa shape index (κ3) is 2.64. The standard InChI is InChI=1S/C15H13N2O3/c1-4-7-16-14(18)12-8-10-5-6-11(17(2)3)9-13(10)20-15(12)19/h1,5-6,9H,7H2,2-3H3,(H,16,18). The number of fused-ring (bicyclic) bond motifs is 1. The molecule has 20 heavy (non-hydrogen) atoms. The Labute approximate surface area is 116 Å². The quantitative estimate of drug-likeness (QED) is 0.667. The van der Waals surface area contributed by atoms with Crippen molar-refractivity contribution in [3.63, 3.8) is 0 Å². The van der Waals surface area contributed by atoms with E-state index in [1.54, 1.807) is 12.1 Å². The van der Waals surface area contributed by atoms with E-state index in [9.17, 15) is 9.59 Å². The molecule has 0 saturated heterocycles. The van der Waals surface area contributed by atoms with E-state index in [2.05, 4.69) is 17.3 Å². The van der Waals surface area contributed by atoms with Gasteiger partial charge < -0.3 is 14.6 Å². The molecule has 0 unspecified atom stereocenters. The van der Waals surface area contributed by atoms with Crippen molar-refractivity contribution < 1.29 is 9.21 Å². The fourth-order valence-corrected chi connectivity index (χ4v) is 1.68. The highest BCUT2D eigenvalue weighted by molar-refractivity contribution is 5.96. The van der Waals surface area contributed by atoms with E-state index in [-0.39, 0.29) is 12.1 Å².